The summed E-state index contributed by atoms with van der Waals surface area (Å²) in [6, 6.07) is 16.7. The van der Waals surface area contributed by atoms with E-state index in [2.05, 4.69) is 16.4 Å². The van der Waals surface area contributed by atoms with E-state index in [-0.39, 0.29) is 5.82 Å². The minimum atomic E-state index is -0.203. The van der Waals surface area contributed by atoms with Crippen LogP contribution in [0.1, 0.15) is 16.8 Å². The molecule has 0 saturated carbocycles. The summed E-state index contributed by atoms with van der Waals surface area (Å²) in [5.41, 5.74) is 3.46. The van der Waals surface area contributed by atoms with Gasteiger partial charge < -0.3 is 10.2 Å². The van der Waals surface area contributed by atoms with Gasteiger partial charge in [0.25, 0.3) is 0 Å². The zero-order valence-electron chi connectivity index (χ0n) is 14.3. The van der Waals surface area contributed by atoms with E-state index in [9.17, 15) is 4.39 Å². The predicted octanol–water partition coefficient (Wildman–Crippen LogP) is 3.92. The molecule has 0 fully saturated rings. The number of nitrogens with one attached hydrogen (secondary N) is 1. The van der Waals surface area contributed by atoms with Crippen molar-refractivity contribution in [1.29, 1.82) is 5.26 Å². The van der Waals surface area contributed by atoms with Gasteiger partial charge in [0.1, 0.15) is 17.6 Å². The van der Waals surface area contributed by atoms with Crippen LogP contribution in [0.15, 0.2) is 48.5 Å². The lowest BCUT2D eigenvalue weighted by atomic mass is 10.1. The Hall–Kier alpha value is -2.97. The van der Waals surface area contributed by atoms with Crippen molar-refractivity contribution in [3.8, 4) is 6.07 Å². The van der Waals surface area contributed by atoms with Crippen LogP contribution in [0.4, 0.5) is 10.1 Å². The van der Waals surface area contributed by atoms with E-state index in [0.29, 0.717) is 24.3 Å². The van der Waals surface area contributed by atoms with Crippen LogP contribution in [0.25, 0.3) is 10.9 Å². The Labute approximate surface area is 146 Å². The van der Waals surface area contributed by atoms with E-state index in [1.807, 2.05) is 55.4 Å². The second kappa shape index (κ2) is 7.29. The monoisotopic (exact) mass is 334 g/mol. The summed E-state index contributed by atoms with van der Waals surface area (Å²) in [6.45, 7) is 1.04. The van der Waals surface area contributed by atoms with Crippen molar-refractivity contribution in [2.75, 3.05) is 19.4 Å². The van der Waals surface area contributed by atoms with Gasteiger partial charge >= 0.3 is 0 Å². The highest BCUT2D eigenvalue weighted by atomic mass is 19.1. The van der Waals surface area contributed by atoms with Crippen LogP contribution in [-0.2, 0) is 13.1 Å². The van der Waals surface area contributed by atoms with Crippen LogP contribution in [0.3, 0.4) is 0 Å². The van der Waals surface area contributed by atoms with Gasteiger partial charge in [-0.15, -0.1) is 0 Å². The number of nitrogens with zero attached hydrogens (tertiary/aromatic N) is 3. The third kappa shape index (κ3) is 3.93. The lowest BCUT2D eigenvalue weighted by Crippen LogP contribution is -2.12. The minimum absolute atomic E-state index is 0.203. The number of para-hydroxylation sites is 1. The Kier molecular flexibility index (Phi) is 4.92. The Bertz CT molecular complexity index is 944. The Morgan fingerprint density at radius 3 is 2.68 bits per heavy atom. The molecule has 0 atom stereocenters. The fourth-order valence-corrected chi connectivity index (χ4v) is 2.75. The van der Waals surface area contributed by atoms with Gasteiger partial charge in [0.15, 0.2) is 0 Å². The average molecular weight is 334 g/mol. The summed E-state index contributed by atoms with van der Waals surface area (Å²) < 4.78 is 14.2. The molecule has 0 aliphatic heterocycles. The topological polar surface area (TPSA) is 52.0 Å². The molecule has 1 aromatic heterocycles. The lowest BCUT2D eigenvalue weighted by molar-refractivity contribution is 0.392. The number of pyridine rings is 1. The smallest absolute Gasteiger partial charge is 0.143 e. The molecular formula is C20H19FN4. The molecule has 0 unspecified atom stereocenters. The molecule has 3 rings (SSSR count). The second-order valence-electron chi connectivity index (χ2n) is 6.20. The van der Waals surface area contributed by atoms with E-state index in [0.717, 1.165) is 22.2 Å². The first kappa shape index (κ1) is 16.9. The molecule has 0 spiro atoms. The maximum atomic E-state index is 14.2. The molecule has 2 aromatic carbocycles. The first-order valence-corrected chi connectivity index (χ1v) is 8.02. The van der Waals surface area contributed by atoms with Crippen LogP contribution in [0, 0.1) is 17.1 Å². The summed E-state index contributed by atoms with van der Waals surface area (Å²) in [6.07, 6.45) is 0. The summed E-state index contributed by atoms with van der Waals surface area (Å²) in [5.74, 6) is -0.203. The molecular weight excluding hydrogens is 315 g/mol. The highest BCUT2D eigenvalue weighted by molar-refractivity contribution is 5.91. The predicted molar refractivity (Wildman–Crippen MR) is 97.6 cm³/mol. The standard InChI is InChI=1S/C20H19FN4/c1-25(2)13-15-8-7-14(9-18(15)21)12-23-20-10-16(11-22)24-19-6-4-3-5-17(19)20/h3-10H,12-13H2,1-2H3,(H,23,24). The number of anilines is 1. The van der Waals surface area contributed by atoms with Gasteiger partial charge in [0.05, 0.1) is 5.52 Å². The summed E-state index contributed by atoms with van der Waals surface area (Å²) >= 11 is 0. The van der Waals surface area contributed by atoms with Gasteiger partial charge in [-0.05, 0) is 37.9 Å². The van der Waals surface area contributed by atoms with E-state index < -0.39 is 0 Å². The molecule has 0 aliphatic rings. The van der Waals surface area contributed by atoms with Crippen molar-refractivity contribution in [3.05, 3.63) is 71.2 Å². The minimum Gasteiger partial charge on any atom is -0.380 e. The summed E-state index contributed by atoms with van der Waals surface area (Å²) in [4.78, 5) is 6.23. The van der Waals surface area contributed by atoms with E-state index in [1.54, 1.807) is 12.1 Å². The molecule has 0 radical (unpaired) electrons. The van der Waals surface area contributed by atoms with Crippen LogP contribution < -0.4 is 5.32 Å². The average Bonchev–Trinajstić information content (AvgIpc) is 2.61. The fraction of sp³-hybridized carbons (Fsp3) is 0.200. The summed E-state index contributed by atoms with van der Waals surface area (Å²) in [5, 5.41) is 13.4. The number of halogens is 1. The van der Waals surface area contributed by atoms with Crippen LogP contribution in [-0.4, -0.2) is 24.0 Å². The van der Waals surface area contributed by atoms with Gasteiger partial charge in [0.2, 0.25) is 0 Å². The molecule has 3 aromatic rings. The van der Waals surface area contributed by atoms with Crippen molar-refractivity contribution < 1.29 is 4.39 Å². The first-order valence-electron chi connectivity index (χ1n) is 8.02. The SMILES string of the molecule is CN(C)Cc1ccc(CNc2cc(C#N)nc3ccccc23)cc1F. The van der Waals surface area contributed by atoms with Crippen molar-refractivity contribution in [3.63, 3.8) is 0 Å². The fourth-order valence-electron chi connectivity index (χ4n) is 2.75. The van der Waals surface area contributed by atoms with Crippen molar-refractivity contribution >= 4 is 16.6 Å². The van der Waals surface area contributed by atoms with Crippen LogP contribution in [0.5, 0.6) is 0 Å². The summed E-state index contributed by atoms with van der Waals surface area (Å²) in [7, 11) is 3.83. The molecule has 1 N–H and O–H groups in total. The number of hydrogen-bond donors (Lipinski definition) is 1. The molecule has 0 bridgehead atoms. The van der Waals surface area contributed by atoms with Crippen molar-refractivity contribution in [1.82, 2.24) is 9.88 Å². The maximum absolute atomic E-state index is 14.2. The Morgan fingerprint density at radius 2 is 1.96 bits per heavy atom. The zero-order valence-corrected chi connectivity index (χ0v) is 14.3. The lowest BCUT2D eigenvalue weighted by Gasteiger charge is -2.13. The number of hydrogen-bond acceptors (Lipinski definition) is 4. The van der Waals surface area contributed by atoms with E-state index in [1.165, 1.54) is 0 Å². The number of aromatic nitrogens is 1. The third-order valence-electron chi connectivity index (χ3n) is 3.92. The molecule has 0 aliphatic carbocycles. The molecule has 126 valence electrons. The van der Waals surface area contributed by atoms with Gasteiger partial charge in [-0.25, -0.2) is 9.37 Å². The molecule has 0 amide bonds. The zero-order chi connectivity index (χ0) is 17.8. The Balaban J connectivity index is 1.83. The van der Waals surface area contributed by atoms with Gasteiger partial charge in [-0.3, -0.25) is 0 Å². The largest absolute Gasteiger partial charge is 0.380 e. The number of benzene rings is 2. The second-order valence-corrected chi connectivity index (χ2v) is 6.20. The molecule has 5 heteroatoms. The van der Waals surface area contributed by atoms with Crippen molar-refractivity contribution in [2.24, 2.45) is 0 Å². The number of rotatable bonds is 5. The first-order chi connectivity index (χ1) is 12.1. The van der Waals surface area contributed by atoms with E-state index in [4.69, 9.17) is 5.26 Å². The van der Waals surface area contributed by atoms with Crippen LogP contribution >= 0.6 is 0 Å². The number of nitriles is 1. The third-order valence-corrected chi connectivity index (χ3v) is 3.92. The molecule has 1 heterocycles. The van der Waals surface area contributed by atoms with Crippen molar-refractivity contribution in [2.45, 2.75) is 13.1 Å². The highest BCUT2D eigenvalue weighted by Gasteiger charge is 2.07. The molecule has 25 heavy (non-hydrogen) atoms. The molecule has 0 saturated heterocycles. The van der Waals surface area contributed by atoms with Gasteiger partial charge in [-0.1, -0.05) is 30.3 Å². The molecule has 4 nitrogen and oxygen atoms in total. The van der Waals surface area contributed by atoms with E-state index >= 15 is 0 Å². The quantitative estimate of drug-likeness (QED) is 0.768. The number of fused-ring (bicyclic) bond motifs is 1. The van der Waals surface area contributed by atoms with Gasteiger partial charge in [0, 0.05) is 29.7 Å². The normalized spacial score (nSPS) is 10.8. The maximum Gasteiger partial charge on any atom is 0.143 e. The highest BCUT2D eigenvalue weighted by Crippen LogP contribution is 2.24. The van der Waals surface area contributed by atoms with Crippen LogP contribution in [0.2, 0.25) is 0 Å². The van der Waals surface area contributed by atoms with Gasteiger partial charge in [-0.2, -0.15) is 5.26 Å². The Morgan fingerprint density at radius 1 is 1.16 bits per heavy atom.